The van der Waals surface area contributed by atoms with Crippen molar-refractivity contribution < 1.29 is 28.5 Å². The largest absolute Gasteiger partial charge is 0.497 e. The standard InChI is InChI=1S/C22H25NO6/c1-5-12-23(14-16-6-9-18(26-2)10-7-16)22(25)17-8-11-19(20(13-17)27-3)29-15-21(24)28-4/h5-11,13H,1,12,14-15H2,2-4H3. The second-order valence-electron chi connectivity index (χ2n) is 6.05. The highest BCUT2D eigenvalue weighted by atomic mass is 16.6. The molecule has 0 fully saturated rings. The Labute approximate surface area is 170 Å². The fourth-order valence-corrected chi connectivity index (χ4v) is 2.62. The van der Waals surface area contributed by atoms with Gasteiger partial charge in [0.05, 0.1) is 21.3 Å². The molecule has 154 valence electrons. The van der Waals surface area contributed by atoms with Crippen LogP contribution >= 0.6 is 0 Å². The van der Waals surface area contributed by atoms with Gasteiger partial charge >= 0.3 is 5.97 Å². The van der Waals surface area contributed by atoms with Gasteiger partial charge < -0.3 is 23.8 Å². The second-order valence-corrected chi connectivity index (χ2v) is 6.05. The number of hydrogen-bond acceptors (Lipinski definition) is 6. The van der Waals surface area contributed by atoms with E-state index in [1.165, 1.54) is 14.2 Å². The van der Waals surface area contributed by atoms with Crippen LogP contribution in [0, 0.1) is 0 Å². The van der Waals surface area contributed by atoms with Crippen molar-refractivity contribution in [2.75, 3.05) is 34.5 Å². The Bertz CT molecular complexity index is 847. The molecule has 0 spiro atoms. The van der Waals surface area contributed by atoms with E-state index in [4.69, 9.17) is 14.2 Å². The van der Waals surface area contributed by atoms with Crippen molar-refractivity contribution in [3.05, 3.63) is 66.2 Å². The van der Waals surface area contributed by atoms with Crippen LogP contribution in [0.5, 0.6) is 17.2 Å². The predicted molar refractivity (Wildman–Crippen MR) is 108 cm³/mol. The summed E-state index contributed by atoms with van der Waals surface area (Å²) in [6.07, 6.45) is 1.67. The maximum atomic E-state index is 13.0. The Morgan fingerprint density at radius 3 is 2.31 bits per heavy atom. The quantitative estimate of drug-likeness (QED) is 0.452. The molecule has 0 saturated heterocycles. The van der Waals surface area contributed by atoms with Crippen LogP contribution < -0.4 is 14.2 Å². The summed E-state index contributed by atoms with van der Waals surface area (Å²) in [5.41, 5.74) is 1.40. The number of rotatable bonds is 10. The Kier molecular flexibility index (Phi) is 8.09. The molecule has 0 N–H and O–H groups in total. The molecule has 0 aliphatic heterocycles. The highest BCUT2D eigenvalue weighted by Gasteiger charge is 2.18. The number of amides is 1. The number of ether oxygens (including phenoxy) is 4. The lowest BCUT2D eigenvalue weighted by Crippen LogP contribution is -2.30. The molecule has 0 aliphatic carbocycles. The van der Waals surface area contributed by atoms with Gasteiger partial charge in [-0.1, -0.05) is 18.2 Å². The second kappa shape index (κ2) is 10.8. The van der Waals surface area contributed by atoms with Crippen molar-refractivity contribution in [3.63, 3.8) is 0 Å². The third-order valence-electron chi connectivity index (χ3n) is 4.15. The van der Waals surface area contributed by atoms with Crippen LogP contribution in [0.3, 0.4) is 0 Å². The number of carbonyl (C=O) groups excluding carboxylic acids is 2. The molecule has 29 heavy (non-hydrogen) atoms. The zero-order valence-corrected chi connectivity index (χ0v) is 16.8. The van der Waals surface area contributed by atoms with Gasteiger partial charge in [-0.3, -0.25) is 4.79 Å². The van der Waals surface area contributed by atoms with E-state index in [0.29, 0.717) is 30.2 Å². The molecule has 0 saturated carbocycles. The van der Waals surface area contributed by atoms with Crippen molar-refractivity contribution in [2.45, 2.75) is 6.54 Å². The fraction of sp³-hybridized carbons (Fsp3) is 0.273. The minimum absolute atomic E-state index is 0.182. The summed E-state index contributed by atoms with van der Waals surface area (Å²) in [5, 5.41) is 0. The van der Waals surface area contributed by atoms with Crippen LogP contribution in [0.15, 0.2) is 55.1 Å². The first kappa shape index (κ1) is 21.8. The van der Waals surface area contributed by atoms with Gasteiger partial charge in [0, 0.05) is 18.7 Å². The van der Waals surface area contributed by atoms with E-state index in [2.05, 4.69) is 11.3 Å². The molecule has 0 aromatic heterocycles. The smallest absolute Gasteiger partial charge is 0.343 e. The van der Waals surface area contributed by atoms with Crippen LogP contribution in [0.25, 0.3) is 0 Å². The molecule has 0 radical (unpaired) electrons. The number of carbonyl (C=O) groups is 2. The topological polar surface area (TPSA) is 74.3 Å². The molecule has 2 aromatic carbocycles. The predicted octanol–water partition coefficient (Wildman–Crippen LogP) is 3.08. The highest BCUT2D eigenvalue weighted by Crippen LogP contribution is 2.29. The van der Waals surface area contributed by atoms with Crippen LogP contribution in [-0.2, 0) is 16.1 Å². The lowest BCUT2D eigenvalue weighted by atomic mass is 10.1. The van der Waals surface area contributed by atoms with Crippen LogP contribution in [0.4, 0.5) is 0 Å². The first-order valence-electron chi connectivity index (χ1n) is 8.93. The Balaban J connectivity index is 2.19. The molecule has 0 heterocycles. The fourth-order valence-electron chi connectivity index (χ4n) is 2.62. The van der Waals surface area contributed by atoms with E-state index in [1.54, 1.807) is 36.3 Å². The van der Waals surface area contributed by atoms with Gasteiger partial charge in [-0.2, -0.15) is 0 Å². The van der Waals surface area contributed by atoms with Crippen molar-refractivity contribution in [1.82, 2.24) is 4.90 Å². The van der Waals surface area contributed by atoms with E-state index >= 15 is 0 Å². The molecule has 7 heteroatoms. The van der Waals surface area contributed by atoms with E-state index in [1.807, 2.05) is 24.3 Å². The van der Waals surface area contributed by atoms with Crippen LogP contribution in [0.1, 0.15) is 15.9 Å². The minimum Gasteiger partial charge on any atom is -0.497 e. The lowest BCUT2D eigenvalue weighted by molar-refractivity contribution is -0.142. The van der Waals surface area contributed by atoms with Crippen LogP contribution in [0.2, 0.25) is 0 Å². The molecular weight excluding hydrogens is 374 g/mol. The van der Waals surface area contributed by atoms with Crippen molar-refractivity contribution in [1.29, 1.82) is 0 Å². The highest BCUT2D eigenvalue weighted by molar-refractivity contribution is 5.95. The van der Waals surface area contributed by atoms with E-state index < -0.39 is 5.97 Å². The Hall–Kier alpha value is -3.48. The first-order valence-corrected chi connectivity index (χ1v) is 8.93. The summed E-state index contributed by atoms with van der Waals surface area (Å²) in [4.78, 5) is 26.0. The average molecular weight is 399 g/mol. The van der Waals surface area contributed by atoms with E-state index in [-0.39, 0.29) is 12.5 Å². The third kappa shape index (κ3) is 6.00. The normalized spacial score (nSPS) is 10.0. The SMILES string of the molecule is C=CCN(Cc1ccc(OC)cc1)C(=O)c1ccc(OCC(=O)OC)c(OC)c1. The van der Waals surface area contributed by atoms with Crippen molar-refractivity contribution in [2.24, 2.45) is 0 Å². The number of esters is 1. The number of hydrogen-bond donors (Lipinski definition) is 0. The molecule has 7 nitrogen and oxygen atoms in total. The van der Waals surface area contributed by atoms with Gasteiger partial charge in [0.2, 0.25) is 0 Å². The van der Waals surface area contributed by atoms with E-state index in [0.717, 1.165) is 11.3 Å². The minimum atomic E-state index is -0.510. The van der Waals surface area contributed by atoms with Gasteiger partial charge in [-0.25, -0.2) is 4.79 Å². The molecular formula is C22H25NO6. The van der Waals surface area contributed by atoms with E-state index in [9.17, 15) is 9.59 Å². The molecule has 0 unspecified atom stereocenters. The maximum Gasteiger partial charge on any atom is 0.343 e. The summed E-state index contributed by atoms with van der Waals surface area (Å²) in [7, 11) is 4.35. The monoisotopic (exact) mass is 399 g/mol. The Morgan fingerprint density at radius 2 is 1.72 bits per heavy atom. The number of nitrogens with zero attached hydrogens (tertiary/aromatic N) is 1. The summed E-state index contributed by atoms with van der Waals surface area (Å²) in [6.45, 7) is 4.29. The average Bonchev–Trinajstić information content (AvgIpc) is 2.76. The molecule has 0 aliphatic rings. The molecule has 0 bridgehead atoms. The van der Waals surface area contributed by atoms with Gasteiger partial charge in [0.25, 0.3) is 5.91 Å². The first-order chi connectivity index (χ1) is 14.0. The summed E-state index contributed by atoms with van der Waals surface area (Å²) < 4.78 is 20.4. The van der Waals surface area contributed by atoms with Gasteiger partial charge in [-0.15, -0.1) is 6.58 Å². The molecule has 2 rings (SSSR count). The molecule has 0 atom stereocenters. The van der Waals surface area contributed by atoms with Gasteiger partial charge in [0.15, 0.2) is 18.1 Å². The summed E-state index contributed by atoms with van der Waals surface area (Å²) in [5.74, 6) is 0.757. The van der Waals surface area contributed by atoms with Crippen molar-refractivity contribution >= 4 is 11.9 Å². The molecule has 1 amide bonds. The number of benzene rings is 2. The zero-order valence-electron chi connectivity index (χ0n) is 16.8. The summed E-state index contributed by atoms with van der Waals surface area (Å²) in [6, 6.07) is 12.3. The third-order valence-corrected chi connectivity index (χ3v) is 4.15. The van der Waals surface area contributed by atoms with Crippen molar-refractivity contribution in [3.8, 4) is 17.2 Å². The zero-order chi connectivity index (χ0) is 21.2. The number of methoxy groups -OCH3 is 3. The van der Waals surface area contributed by atoms with Gasteiger partial charge in [-0.05, 0) is 35.9 Å². The maximum absolute atomic E-state index is 13.0. The Morgan fingerprint density at radius 1 is 1.00 bits per heavy atom. The molecule has 2 aromatic rings. The summed E-state index contributed by atoms with van der Waals surface area (Å²) >= 11 is 0. The van der Waals surface area contributed by atoms with Crippen LogP contribution in [-0.4, -0.2) is 51.3 Å². The lowest BCUT2D eigenvalue weighted by Gasteiger charge is -2.22. The van der Waals surface area contributed by atoms with Gasteiger partial charge in [0.1, 0.15) is 5.75 Å².